The Balaban J connectivity index is 2.01. The molecule has 0 amide bonds. The van der Waals surface area contributed by atoms with Crippen LogP contribution < -0.4 is 9.61 Å². The van der Waals surface area contributed by atoms with Crippen LogP contribution in [0.3, 0.4) is 0 Å². The zero-order valence-corrected chi connectivity index (χ0v) is 13.8. The molecule has 1 unspecified atom stereocenters. The molecular weight excluding hydrogens is 313 g/mol. The maximum absolute atomic E-state index is 12.5. The molecule has 2 rings (SSSR count). The van der Waals surface area contributed by atoms with Crippen molar-refractivity contribution in [1.82, 2.24) is 5.09 Å². The summed E-state index contributed by atoms with van der Waals surface area (Å²) in [5.74, 6) is 0.837. The van der Waals surface area contributed by atoms with Crippen LogP contribution in [0.2, 0.25) is 0 Å². The van der Waals surface area contributed by atoms with E-state index in [1.807, 2.05) is 6.07 Å². The molecule has 0 aromatic heterocycles. The molecule has 5 nitrogen and oxygen atoms in total. The zero-order valence-electron chi connectivity index (χ0n) is 12.2. The maximum Gasteiger partial charge on any atom is 0.409 e. The fraction of sp³-hybridized carbons (Fsp3) is 0.571. The Morgan fingerprint density at radius 1 is 1.33 bits per heavy atom. The molecule has 1 N–H and O–H groups in total. The molecule has 1 aromatic carbocycles. The van der Waals surface area contributed by atoms with Gasteiger partial charge >= 0.3 is 6.87 Å². The average molecular weight is 334 g/mol. The van der Waals surface area contributed by atoms with Gasteiger partial charge in [0.15, 0.2) is 6.29 Å². The summed E-state index contributed by atoms with van der Waals surface area (Å²) >= 11 is 6.04. The summed E-state index contributed by atoms with van der Waals surface area (Å²) in [4.78, 5) is 0. The summed E-state index contributed by atoms with van der Waals surface area (Å²) in [6.07, 6.45) is 0.276. The van der Waals surface area contributed by atoms with Gasteiger partial charge in [0.1, 0.15) is 5.75 Å². The highest BCUT2D eigenvalue weighted by Gasteiger charge is 2.34. The third-order valence-corrected chi connectivity index (χ3v) is 4.57. The summed E-state index contributed by atoms with van der Waals surface area (Å²) in [7, 11) is 0. The van der Waals surface area contributed by atoms with Gasteiger partial charge in [-0.1, -0.05) is 32.0 Å². The fourth-order valence-corrected chi connectivity index (χ4v) is 3.87. The number of hydrogen-bond acceptors (Lipinski definition) is 4. The first-order valence-electron chi connectivity index (χ1n) is 7.01. The molecule has 0 radical (unpaired) electrons. The molecule has 1 aliphatic heterocycles. The van der Waals surface area contributed by atoms with Crippen molar-refractivity contribution in [3.05, 3.63) is 30.3 Å². The Morgan fingerprint density at radius 3 is 2.52 bits per heavy atom. The van der Waals surface area contributed by atoms with E-state index in [0.717, 1.165) is 6.42 Å². The molecule has 1 fully saturated rings. The van der Waals surface area contributed by atoms with Crippen molar-refractivity contribution in [3.8, 4) is 5.75 Å². The molecule has 1 aliphatic rings. The lowest BCUT2D eigenvalue weighted by Gasteiger charge is -2.27. The standard InChI is InChI=1S/C14H21ClNO4P/c1-11(2)10-13(14-18-8-9-19-14)16-21(15,17)20-12-6-4-3-5-7-12/h3-7,11,13-14H,8-10H2,1-2H3,(H,16,17)/t13-,21?/m0/s1. The third-order valence-electron chi connectivity index (χ3n) is 2.99. The third kappa shape index (κ3) is 5.61. The van der Waals surface area contributed by atoms with E-state index in [1.165, 1.54) is 0 Å². The van der Waals surface area contributed by atoms with Crippen LogP contribution in [-0.4, -0.2) is 25.5 Å². The number of nitrogens with one attached hydrogen (secondary N) is 1. The van der Waals surface area contributed by atoms with Crippen molar-refractivity contribution in [2.24, 2.45) is 5.92 Å². The lowest BCUT2D eigenvalue weighted by Crippen LogP contribution is -2.39. The van der Waals surface area contributed by atoms with E-state index in [-0.39, 0.29) is 6.04 Å². The van der Waals surface area contributed by atoms with Gasteiger partial charge in [-0.25, -0.2) is 9.65 Å². The second kappa shape index (κ2) is 7.61. The number of benzene rings is 1. The van der Waals surface area contributed by atoms with E-state index in [4.69, 9.17) is 25.2 Å². The van der Waals surface area contributed by atoms with E-state index >= 15 is 0 Å². The van der Waals surface area contributed by atoms with Gasteiger partial charge in [-0.2, -0.15) is 0 Å². The molecule has 118 valence electrons. The largest absolute Gasteiger partial charge is 0.422 e. The molecule has 1 aromatic rings. The molecule has 0 saturated carbocycles. The van der Waals surface area contributed by atoms with Crippen molar-refractivity contribution in [2.45, 2.75) is 32.6 Å². The molecule has 7 heteroatoms. The fourth-order valence-electron chi connectivity index (χ4n) is 2.18. The number of rotatable bonds is 7. The Kier molecular flexibility index (Phi) is 6.08. The highest BCUT2D eigenvalue weighted by molar-refractivity contribution is 7.84. The van der Waals surface area contributed by atoms with Gasteiger partial charge in [0.2, 0.25) is 0 Å². The van der Waals surface area contributed by atoms with Crippen molar-refractivity contribution < 1.29 is 18.6 Å². The number of halogens is 1. The summed E-state index contributed by atoms with van der Waals surface area (Å²) in [5.41, 5.74) is 0. The highest BCUT2D eigenvalue weighted by Crippen LogP contribution is 2.49. The smallest absolute Gasteiger partial charge is 0.409 e. The van der Waals surface area contributed by atoms with Gasteiger partial charge in [-0.3, -0.25) is 0 Å². The maximum atomic E-state index is 12.5. The van der Waals surface area contributed by atoms with Gasteiger partial charge in [-0.05, 0) is 24.5 Å². The monoisotopic (exact) mass is 333 g/mol. The van der Waals surface area contributed by atoms with Crippen molar-refractivity contribution >= 4 is 18.1 Å². The van der Waals surface area contributed by atoms with Crippen LogP contribution in [0.25, 0.3) is 0 Å². The van der Waals surface area contributed by atoms with Crippen LogP contribution in [-0.2, 0) is 14.0 Å². The number of ether oxygens (including phenoxy) is 2. The van der Waals surface area contributed by atoms with Crippen LogP contribution >= 0.6 is 18.1 Å². The van der Waals surface area contributed by atoms with Crippen molar-refractivity contribution in [2.75, 3.05) is 13.2 Å². The Bertz CT molecular complexity index is 479. The van der Waals surface area contributed by atoms with E-state index in [1.54, 1.807) is 24.3 Å². The van der Waals surface area contributed by atoms with Gasteiger partial charge in [0.05, 0.1) is 19.3 Å². The van der Waals surface area contributed by atoms with Crippen LogP contribution in [0.4, 0.5) is 0 Å². The topological polar surface area (TPSA) is 56.8 Å². The lowest BCUT2D eigenvalue weighted by molar-refractivity contribution is -0.0667. The Labute approximate surface area is 130 Å². The minimum absolute atomic E-state index is 0.278. The zero-order chi connectivity index (χ0) is 15.3. The minimum atomic E-state index is -3.52. The summed E-state index contributed by atoms with van der Waals surface area (Å²) in [6.45, 7) is 1.69. The average Bonchev–Trinajstić information content (AvgIpc) is 2.91. The SMILES string of the molecule is CC(C)C[C@H](NP(=O)(Cl)Oc1ccccc1)C1OCCO1. The van der Waals surface area contributed by atoms with Gasteiger partial charge in [0, 0.05) is 11.2 Å². The summed E-state index contributed by atoms with van der Waals surface area (Å²) in [5, 5.41) is 2.86. The normalized spacial score (nSPS) is 20.4. The first kappa shape index (κ1) is 16.8. The van der Waals surface area contributed by atoms with Gasteiger partial charge in [-0.15, -0.1) is 0 Å². The molecule has 0 bridgehead atoms. The quantitative estimate of drug-likeness (QED) is 0.769. The lowest BCUT2D eigenvalue weighted by atomic mass is 10.0. The van der Waals surface area contributed by atoms with Crippen LogP contribution in [0, 0.1) is 5.92 Å². The van der Waals surface area contributed by atoms with E-state index < -0.39 is 13.2 Å². The predicted octanol–water partition coefficient (Wildman–Crippen LogP) is 3.79. The van der Waals surface area contributed by atoms with Gasteiger partial charge < -0.3 is 14.0 Å². The molecule has 0 aliphatic carbocycles. The van der Waals surface area contributed by atoms with Crippen LogP contribution in [0.15, 0.2) is 30.3 Å². The predicted molar refractivity (Wildman–Crippen MR) is 82.6 cm³/mol. The summed E-state index contributed by atoms with van der Waals surface area (Å²) in [6, 6.07) is 8.57. The molecule has 2 atom stereocenters. The van der Waals surface area contributed by atoms with Crippen molar-refractivity contribution in [1.29, 1.82) is 0 Å². The first-order valence-corrected chi connectivity index (χ1v) is 9.54. The molecule has 0 spiro atoms. The molecule has 1 saturated heterocycles. The van der Waals surface area contributed by atoms with E-state index in [0.29, 0.717) is 24.9 Å². The second-order valence-electron chi connectivity index (χ2n) is 5.36. The molecule has 21 heavy (non-hydrogen) atoms. The summed E-state index contributed by atoms with van der Waals surface area (Å²) < 4.78 is 28.8. The molecule has 1 heterocycles. The van der Waals surface area contributed by atoms with Gasteiger partial charge in [0.25, 0.3) is 0 Å². The highest BCUT2D eigenvalue weighted by atomic mass is 35.7. The Hall–Kier alpha value is -0.580. The number of hydrogen-bond donors (Lipinski definition) is 1. The van der Waals surface area contributed by atoms with Crippen LogP contribution in [0.5, 0.6) is 5.75 Å². The Morgan fingerprint density at radius 2 is 1.95 bits per heavy atom. The number of para-hydroxylation sites is 1. The van der Waals surface area contributed by atoms with Crippen LogP contribution in [0.1, 0.15) is 20.3 Å². The minimum Gasteiger partial charge on any atom is -0.422 e. The van der Waals surface area contributed by atoms with E-state index in [9.17, 15) is 4.57 Å². The van der Waals surface area contributed by atoms with Crippen molar-refractivity contribution in [3.63, 3.8) is 0 Å². The molecular formula is C14H21ClNO4P. The first-order chi connectivity index (χ1) is 9.96. The van der Waals surface area contributed by atoms with E-state index in [2.05, 4.69) is 18.9 Å². The second-order valence-corrected chi connectivity index (χ2v) is 8.09.